The number of anilines is 1. The fraction of sp³-hybridized carbons (Fsp3) is 0.238. The van der Waals surface area contributed by atoms with Gasteiger partial charge in [0, 0.05) is 5.69 Å². The van der Waals surface area contributed by atoms with Crippen LogP contribution in [0.15, 0.2) is 48.7 Å². The van der Waals surface area contributed by atoms with Gasteiger partial charge >= 0.3 is 0 Å². The maximum absolute atomic E-state index is 13.2. The average molecular weight is 367 g/mol. The third-order valence-electron chi connectivity index (χ3n) is 4.30. The highest BCUT2D eigenvalue weighted by molar-refractivity contribution is 6.05. The number of amides is 1. The molecule has 1 aromatic heterocycles. The molecule has 140 valence electrons. The van der Waals surface area contributed by atoms with Crippen LogP contribution in [0, 0.1) is 19.7 Å². The van der Waals surface area contributed by atoms with Gasteiger partial charge in [0.1, 0.15) is 5.82 Å². The number of aromatic nitrogens is 2. The Morgan fingerprint density at radius 3 is 2.63 bits per heavy atom. The molecule has 0 saturated carbocycles. The van der Waals surface area contributed by atoms with Crippen molar-refractivity contribution in [3.63, 3.8) is 0 Å². The van der Waals surface area contributed by atoms with Crippen LogP contribution in [0.2, 0.25) is 0 Å². The normalized spacial score (nSPS) is 10.7. The molecule has 0 aliphatic rings. The topological polar surface area (TPSA) is 56.2 Å². The smallest absolute Gasteiger partial charge is 0.280 e. The van der Waals surface area contributed by atoms with Gasteiger partial charge in [0.05, 0.1) is 18.5 Å². The molecule has 0 aliphatic heterocycles. The Bertz CT molecular complexity index is 949. The molecule has 1 heterocycles. The Hall–Kier alpha value is -3.15. The van der Waals surface area contributed by atoms with Crippen molar-refractivity contribution in [1.29, 1.82) is 0 Å². The van der Waals surface area contributed by atoms with Crippen LogP contribution in [0.4, 0.5) is 10.1 Å². The predicted molar refractivity (Wildman–Crippen MR) is 103 cm³/mol. The molecule has 1 N–H and O–H groups in total. The average Bonchev–Trinajstić information content (AvgIpc) is 3.08. The summed E-state index contributed by atoms with van der Waals surface area (Å²) in [5.41, 5.74) is 3.65. The molecule has 1 amide bonds. The lowest BCUT2D eigenvalue weighted by atomic mass is 10.1. The molecule has 0 fully saturated rings. The van der Waals surface area contributed by atoms with Crippen molar-refractivity contribution in [3.8, 4) is 11.4 Å². The minimum Gasteiger partial charge on any atom is -0.489 e. The molecule has 0 radical (unpaired) electrons. The molecular formula is C21H22FN3O2. The Kier molecular flexibility index (Phi) is 5.54. The molecule has 0 bridgehead atoms. The zero-order chi connectivity index (χ0) is 19.4. The van der Waals surface area contributed by atoms with E-state index in [1.807, 2.05) is 39.0 Å². The van der Waals surface area contributed by atoms with E-state index >= 15 is 0 Å². The van der Waals surface area contributed by atoms with Gasteiger partial charge < -0.3 is 10.1 Å². The predicted octanol–water partition coefficient (Wildman–Crippen LogP) is 4.67. The minimum atomic E-state index is -0.351. The number of hydrogen-bond acceptors (Lipinski definition) is 3. The second-order valence-corrected chi connectivity index (χ2v) is 6.31. The van der Waals surface area contributed by atoms with Gasteiger partial charge in [-0.25, -0.2) is 9.07 Å². The van der Waals surface area contributed by atoms with Crippen molar-refractivity contribution in [3.05, 3.63) is 71.3 Å². The molecule has 0 atom stereocenters. The zero-order valence-electron chi connectivity index (χ0n) is 15.6. The lowest BCUT2D eigenvalue weighted by Crippen LogP contribution is -2.15. The lowest BCUT2D eigenvalue weighted by Gasteiger charge is -2.10. The van der Waals surface area contributed by atoms with E-state index in [1.54, 1.807) is 18.3 Å². The van der Waals surface area contributed by atoms with E-state index in [4.69, 9.17) is 4.74 Å². The quantitative estimate of drug-likeness (QED) is 0.689. The molecule has 0 aliphatic carbocycles. The molecule has 2 aromatic carbocycles. The first kappa shape index (κ1) is 18.6. The summed E-state index contributed by atoms with van der Waals surface area (Å²) in [6.45, 7) is 6.40. The van der Waals surface area contributed by atoms with Crippen LogP contribution in [0.3, 0.4) is 0 Å². The number of carbonyl (C=O) groups excluding carboxylic acids is 1. The van der Waals surface area contributed by atoms with E-state index in [2.05, 4.69) is 10.4 Å². The van der Waals surface area contributed by atoms with Gasteiger partial charge in [-0.05, 0) is 61.7 Å². The van der Waals surface area contributed by atoms with Gasteiger partial charge in [0.2, 0.25) is 0 Å². The van der Waals surface area contributed by atoms with Gasteiger partial charge in [-0.1, -0.05) is 19.1 Å². The SMILES string of the molecule is CCCOc1cn(-c2ccc(F)cc2)nc1C(=O)Nc1cccc(C)c1C. The number of aryl methyl sites for hydroxylation is 1. The third-order valence-corrected chi connectivity index (χ3v) is 4.30. The Morgan fingerprint density at radius 1 is 1.19 bits per heavy atom. The third kappa shape index (κ3) is 4.16. The van der Waals surface area contributed by atoms with Crippen molar-refractivity contribution in [2.75, 3.05) is 11.9 Å². The van der Waals surface area contributed by atoms with E-state index in [0.29, 0.717) is 18.0 Å². The molecule has 27 heavy (non-hydrogen) atoms. The minimum absolute atomic E-state index is 0.189. The monoisotopic (exact) mass is 367 g/mol. The Labute approximate surface area is 157 Å². The van der Waals surface area contributed by atoms with E-state index in [0.717, 1.165) is 23.2 Å². The number of nitrogens with zero attached hydrogens (tertiary/aromatic N) is 2. The molecule has 0 saturated heterocycles. The number of nitrogens with one attached hydrogen (secondary N) is 1. The fourth-order valence-electron chi connectivity index (χ4n) is 2.63. The summed E-state index contributed by atoms with van der Waals surface area (Å²) >= 11 is 0. The second kappa shape index (κ2) is 8.03. The van der Waals surface area contributed by atoms with Gasteiger partial charge in [0.15, 0.2) is 11.4 Å². The van der Waals surface area contributed by atoms with Crippen LogP contribution >= 0.6 is 0 Å². The largest absolute Gasteiger partial charge is 0.489 e. The highest BCUT2D eigenvalue weighted by Gasteiger charge is 2.20. The molecule has 3 aromatic rings. The molecule has 3 rings (SSSR count). The van der Waals surface area contributed by atoms with E-state index in [1.165, 1.54) is 16.8 Å². The van der Waals surface area contributed by atoms with Gasteiger partial charge in [-0.2, -0.15) is 5.10 Å². The van der Waals surface area contributed by atoms with E-state index in [-0.39, 0.29) is 17.4 Å². The van der Waals surface area contributed by atoms with E-state index < -0.39 is 0 Å². The molecule has 0 unspecified atom stereocenters. The molecule has 0 spiro atoms. The number of halogens is 1. The van der Waals surface area contributed by atoms with Crippen LogP contribution < -0.4 is 10.1 Å². The lowest BCUT2D eigenvalue weighted by molar-refractivity contribution is 0.101. The number of rotatable bonds is 6. The summed E-state index contributed by atoms with van der Waals surface area (Å²) in [7, 11) is 0. The number of ether oxygens (including phenoxy) is 1. The fourth-order valence-corrected chi connectivity index (χ4v) is 2.63. The van der Waals surface area contributed by atoms with Crippen molar-refractivity contribution in [2.45, 2.75) is 27.2 Å². The maximum Gasteiger partial charge on any atom is 0.280 e. The maximum atomic E-state index is 13.2. The standard InChI is InChI=1S/C21H22FN3O2/c1-4-12-27-19-13-25(17-10-8-16(22)9-11-17)24-20(19)21(26)23-18-7-5-6-14(2)15(18)3/h5-11,13H,4,12H2,1-3H3,(H,23,26). The van der Waals surface area contributed by atoms with Crippen LogP contribution in [-0.4, -0.2) is 22.3 Å². The summed E-state index contributed by atoms with van der Waals surface area (Å²) in [5.74, 6) is -0.291. The van der Waals surface area contributed by atoms with Crippen LogP contribution in [0.5, 0.6) is 5.75 Å². The van der Waals surface area contributed by atoms with Crippen molar-refractivity contribution >= 4 is 11.6 Å². The van der Waals surface area contributed by atoms with Crippen LogP contribution in [0.25, 0.3) is 5.69 Å². The number of carbonyl (C=O) groups is 1. The first-order chi connectivity index (χ1) is 13.0. The Balaban J connectivity index is 1.93. The Morgan fingerprint density at radius 2 is 1.93 bits per heavy atom. The summed E-state index contributed by atoms with van der Waals surface area (Å²) in [5, 5.41) is 7.27. The summed E-state index contributed by atoms with van der Waals surface area (Å²) in [4.78, 5) is 12.8. The van der Waals surface area contributed by atoms with Gasteiger partial charge in [-0.15, -0.1) is 0 Å². The summed E-state index contributed by atoms with van der Waals surface area (Å²) in [6, 6.07) is 11.6. The zero-order valence-corrected chi connectivity index (χ0v) is 15.6. The highest BCUT2D eigenvalue weighted by Crippen LogP contribution is 2.24. The second-order valence-electron chi connectivity index (χ2n) is 6.31. The van der Waals surface area contributed by atoms with Gasteiger partial charge in [0.25, 0.3) is 5.91 Å². The van der Waals surface area contributed by atoms with Crippen molar-refractivity contribution in [2.24, 2.45) is 0 Å². The molecule has 6 heteroatoms. The first-order valence-corrected chi connectivity index (χ1v) is 8.85. The van der Waals surface area contributed by atoms with Crippen molar-refractivity contribution < 1.29 is 13.9 Å². The van der Waals surface area contributed by atoms with Crippen LogP contribution in [0.1, 0.15) is 35.0 Å². The highest BCUT2D eigenvalue weighted by atomic mass is 19.1. The summed E-state index contributed by atoms with van der Waals surface area (Å²) in [6.07, 6.45) is 2.45. The summed E-state index contributed by atoms with van der Waals surface area (Å²) < 4.78 is 20.4. The number of hydrogen-bond donors (Lipinski definition) is 1. The first-order valence-electron chi connectivity index (χ1n) is 8.85. The van der Waals surface area contributed by atoms with Crippen LogP contribution in [-0.2, 0) is 0 Å². The molecular weight excluding hydrogens is 345 g/mol. The van der Waals surface area contributed by atoms with Crippen molar-refractivity contribution in [1.82, 2.24) is 9.78 Å². The molecule has 5 nitrogen and oxygen atoms in total. The number of benzene rings is 2. The van der Waals surface area contributed by atoms with Gasteiger partial charge in [-0.3, -0.25) is 4.79 Å². The van der Waals surface area contributed by atoms with E-state index in [9.17, 15) is 9.18 Å².